The van der Waals surface area contributed by atoms with Gasteiger partial charge in [-0.3, -0.25) is 0 Å². The molecule has 0 fully saturated rings. The highest BCUT2D eigenvalue weighted by Crippen LogP contribution is 2.41. The summed E-state index contributed by atoms with van der Waals surface area (Å²) in [6, 6.07) is 31.1. The third kappa shape index (κ3) is 4.80. The average Bonchev–Trinajstić information content (AvgIpc) is 3.51. The summed E-state index contributed by atoms with van der Waals surface area (Å²) >= 11 is 6.66. The van der Waals surface area contributed by atoms with Crippen LogP contribution in [0.25, 0.3) is 43.9 Å². The Kier molecular flexibility index (Phi) is 6.26. The van der Waals surface area contributed by atoms with Crippen LogP contribution in [0.5, 0.6) is 0 Å². The van der Waals surface area contributed by atoms with Gasteiger partial charge in [-0.1, -0.05) is 114 Å². The highest BCUT2D eigenvalue weighted by Gasteiger charge is 2.23. The van der Waals surface area contributed by atoms with Crippen LogP contribution in [-0.4, -0.2) is 0 Å². The quantitative estimate of drug-likeness (QED) is 0.215. The van der Waals surface area contributed by atoms with Crippen LogP contribution in [0.4, 0.5) is 22.7 Å². The van der Waals surface area contributed by atoms with Gasteiger partial charge in [0.25, 0.3) is 0 Å². The van der Waals surface area contributed by atoms with Gasteiger partial charge in [0.05, 0.1) is 11.4 Å². The summed E-state index contributed by atoms with van der Waals surface area (Å²) in [6.07, 6.45) is 0. The topological polar surface area (TPSA) is 50.3 Å². The van der Waals surface area contributed by atoms with E-state index in [-0.39, 0.29) is 10.8 Å². The van der Waals surface area contributed by atoms with Crippen LogP contribution in [-0.2, 0) is 10.8 Å². The fourth-order valence-corrected chi connectivity index (χ4v) is 6.30. The molecule has 7 rings (SSSR count). The Labute approximate surface area is 256 Å². The molecule has 2 heterocycles. The molecule has 0 bridgehead atoms. The summed E-state index contributed by atoms with van der Waals surface area (Å²) in [5.41, 5.74) is 9.30. The lowest BCUT2D eigenvalue weighted by atomic mass is 9.86. The van der Waals surface area contributed by atoms with Gasteiger partial charge in [-0.15, -0.1) is 0 Å². The van der Waals surface area contributed by atoms with E-state index in [2.05, 4.69) is 119 Å². The molecule has 0 saturated heterocycles. The molecular weight excluding hydrogens is 552 g/mol. The van der Waals surface area contributed by atoms with Crippen molar-refractivity contribution in [2.75, 3.05) is 10.6 Å². The van der Waals surface area contributed by atoms with Crippen LogP contribution in [0.15, 0.2) is 99.8 Å². The van der Waals surface area contributed by atoms with Gasteiger partial charge < -0.3 is 19.5 Å². The van der Waals surface area contributed by atoms with Crippen molar-refractivity contribution in [3.63, 3.8) is 0 Å². The van der Waals surface area contributed by atoms with E-state index in [0.717, 1.165) is 66.6 Å². The minimum atomic E-state index is -0.0362. The van der Waals surface area contributed by atoms with Crippen LogP contribution in [0.1, 0.15) is 52.7 Å². The van der Waals surface area contributed by atoms with Crippen molar-refractivity contribution in [2.24, 2.45) is 0 Å². The highest BCUT2D eigenvalue weighted by molar-refractivity contribution is 6.31. The van der Waals surface area contributed by atoms with Crippen molar-refractivity contribution >= 4 is 78.2 Å². The van der Waals surface area contributed by atoms with Crippen molar-refractivity contribution in [2.45, 2.75) is 52.4 Å². The Morgan fingerprint density at radius 3 is 1.26 bits per heavy atom. The smallest absolute Gasteiger partial charge is 0.158 e. The monoisotopic (exact) mass is 586 g/mol. The molecule has 0 saturated carbocycles. The zero-order valence-corrected chi connectivity index (χ0v) is 26.1. The molecule has 2 aromatic heterocycles. The first-order chi connectivity index (χ1) is 20.5. The van der Waals surface area contributed by atoms with E-state index < -0.39 is 0 Å². The van der Waals surface area contributed by atoms with E-state index in [0.29, 0.717) is 5.02 Å². The van der Waals surface area contributed by atoms with Crippen LogP contribution in [0.3, 0.4) is 0 Å². The molecule has 4 nitrogen and oxygen atoms in total. The van der Waals surface area contributed by atoms with Gasteiger partial charge in [0.2, 0.25) is 0 Å². The van der Waals surface area contributed by atoms with E-state index >= 15 is 0 Å². The van der Waals surface area contributed by atoms with Crippen molar-refractivity contribution in [3.05, 3.63) is 107 Å². The lowest BCUT2D eigenvalue weighted by molar-refractivity contribution is 0.572. The van der Waals surface area contributed by atoms with Gasteiger partial charge >= 0.3 is 0 Å². The number of nitrogens with one attached hydrogen (secondary N) is 2. The highest BCUT2D eigenvalue weighted by atomic mass is 35.5. The van der Waals surface area contributed by atoms with E-state index in [1.165, 1.54) is 11.1 Å². The molecule has 0 atom stereocenters. The third-order valence-corrected chi connectivity index (χ3v) is 8.34. The number of anilines is 4. The van der Waals surface area contributed by atoms with Gasteiger partial charge in [-0.2, -0.15) is 0 Å². The number of rotatable bonds is 4. The summed E-state index contributed by atoms with van der Waals surface area (Å²) < 4.78 is 13.1. The zero-order chi connectivity index (χ0) is 30.1. The Hall–Kier alpha value is -4.41. The summed E-state index contributed by atoms with van der Waals surface area (Å²) in [5.74, 6) is 0. The van der Waals surface area contributed by atoms with Gasteiger partial charge in [0, 0.05) is 49.1 Å². The number of hydrogen-bond acceptors (Lipinski definition) is 4. The molecule has 0 unspecified atom stereocenters. The second kappa shape index (κ2) is 9.82. The molecule has 0 radical (unpaired) electrons. The Balaban J connectivity index is 1.27. The Bertz CT molecular complexity index is 2020. The first kappa shape index (κ1) is 27.4. The van der Waals surface area contributed by atoms with Crippen LogP contribution >= 0.6 is 11.6 Å². The minimum absolute atomic E-state index is 0.0362. The second-order valence-corrected chi connectivity index (χ2v) is 13.8. The number of benzene rings is 5. The SMILES string of the molecule is CC(C)(C)c1cccc2c1oc1c(Nc3cc(Cl)cc(Nc4cccc5c4oc4c(C(C)(C)C)cccc45)c3)cccc12. The van der Waals surface area contributed by atoms with Gasteiger partial charge in [-0.05, 0) is 41.2 Å². The predicted molar refractivity (Wildman–Crippen MR) is 183 cm³/mol. The molecule has 0 aliphatic rings. The maximum Gasteiger partial charge on any atom is 0.158 e. The number of halogens is 1. The van der Waals surface area contributed by atoms with E-state index in [9.17, 15) is 0 Å². The molecule has 5 heteroatoms. The Morgan fingerprint density at radius 1 is 0.488 bits per heavy atom. The van der Waals surface area contributed by atoms with E-state index in [4.69, 9.17) is 20.4 Å². The molecule has 5 aromatic carbocycles. The fourth-order valence-electron chi connectivity index (χ4n) is 6.06. The molecular formula is C38H35ClN2O2. The van der Waals surface area contributed by atoms with Crippen molar-refractivity contribution in [1.82, 2.24) is 0 Å². The molecule has 2 N–H and O–H groups in total. The largest absolute Gasteiger partial charge is 0.454 e. The standard InChI is InChI=1S/C38H35ClN2O2/c1-37(2,3)29-15-7-11-25-27-13-9-17-31(35(27)42-33(25)29)40-23-19-22(39)20-24(21-23)41-32-18-10-14-28-26-12-8-16-30(38(4,5)6)34(26)43-36(28)32/h7-21,40-41H,1-6H3. The van der Waals surface area contributed by atoms with E-state index in [1.807, 2.05) is 24.3 Å². The molecule has 216 valence electrons. The molecule has 0 spiro atoms. The number of hydrogen-bond donors (Lipinski definition) is 2. The lowest BCUT2D eigenvalue weighted by Crippen LogP contribution is -2.10. The molecule has 43 heavy (non-hydrogen) atoms. The van der Waals surface area contributed by atoms with E-state index in [1.54, 1.807) is 0 Å². The van der Waals surface area contributed by atoms with Gasteiger partial charge in [-0.25, -0.2) is 0 Å². The third-order valence-electron chi connectivity index (χ3n) is 8.12. The van der Waals surface area contributed by atoms with Gasteiger partial charge in [0.15, 0.2) is 11.2 Å². The maximum absolute atomic E-state index is 6.66. The normalized spacial score (nSPS) is 12.5. The fraction of sp³-hybridized carbons (Fsp3) is 0.211. The molecule has 7 aromatic rings. The van der Waals surface area contributed by atoms with Crippen molar-refractivity contribution < 1.29 is 8.83 Å². The van der Waals surface area contributed by atoms with Crippen molar-refractivity contribution in [1.29, 1.82) is 0 Å². The Morgan fingerprint density at radius 2 is 0.860 bits per heavy atom. The van der Waals surface area contributed by atoms with Crippen LogP contribution in [0, 0.1) is 0 Å². The lowest BCUT2D eigenvalue weighted by Gasteiger charge is -2.18. The predicted octanol–water partition coefficient (Wildman–Crippen LogP) is 12.2. The first-order valence-electron chi connectivity index (χ1n) is 14.7. The van der Waals surface area contributed by atoms with Crippen LogP contribution < -0.4 is 10.6 Å². The maximum atomic E-state index is 6.66. The zero-order valence-electron chi connectivity index (χ0n) is 25.4. The number of para-hydroxylation sites is 4. The average molecular weight is 587 g/mol. The summed E-state index contributed by atoms with van der Waals surface area (Å²) in [6.45, 7) is 13.3. The van der Waals surface area contributed by atoms with Crippen molar-refractivity contribution in [3.8, 4) is 0 Å². The first-order valence-corrected chi connectivity index (χ1v) is 15.1. The van der Waals surface area contributed by atoms with Crippen LogP contribution in [0.2, 0.25) is 5.02 Å². The summed E-state index contributed by atoms with van der Waals surface area (Å²) in [5, 5.41) is 12.2. The summed E-state index contributed by atoms with van der Waals surface area (Å²) in [4.78, 5) is 0. The molecule has 0 aliphatic heterocycles. The number of furan rings is 2. The molecule has 0 amide bonds. The molecule has 0 aliphatic carbocycles. The number of fused-ring (bicyclic) bond motifs is 6. The van der Waals surface area contributed by atoms with Gasteiger partial charge in [0.1, 0.15) is 11.2 Å². The minimum Gasteiger partial charge on any atom is -0.454 e. The second-order valence-electron chi connectivity index (χ2n) is 13.4. The summed E-state index contributed by atoms with van der Waals surface area (Å²) in [7, 11) is 0.